The number of hydrogen-bond acceptors (Lipinski definition) is 4. The highest BCUT2D eigenvalue weighted by molar-refractivity contribution is 9.10. The summed E-state index contributed by atoms with van der Waals surface area (Å²) in [6, 6.07) is 3.86. The van der Waals surface area contributed by atoms with E-state index in [1.165, 1.54) is 23.1 Å². The van der Waals surface area contributed by atoms with E-state index in [0.29, 0.717) is 10.0 Å². The Bertz CT molecular complexity index is 585. The van der Waals surface area contributed by atoms with E-state index in [0.717, 1.165) is 0 Å². The van der Waals surface area contributed by atoms with Gasteiger partial charge >= 0.3 is 5.97 Å². The van der Waals surface area contributed by atoms with Gasteiger partial charge in [0.2, 0.25) is 0 Å². The van der Waals surface area contributed by atoms with Crippen molar-refractivity contribution in [2.45, 2.75) is 25.4 Å². The van der Waals surface area contributed by atoms with Gasteiger partial charge in [-0.15, -0.1) is 0 Å². The Hall–Kier alpha value is -1.47. The fourth-order valence-corrected chi connectivity index (χ4v) is 2.90. The van der Waals surface area contributed by atoms with Crippen LogP contribution in [0.3, 0.4) is 0 Å². The van der Waals surface area contributed by atoms with E-state index >= 15 is 0 Å². The van der Waals surface area contributed by atoms with Gasteiger partial charge in [-0.1, -0.05) is 0 Å². The second kappa shape index (κ2) is 6.75. The van der Waals surface area contributed by atoms with Crippen LogP contribution in [0.15, 0.2) is 22.7 Å². The van der Waals surface area contributed by atoms with Gasteiger partial charge in [0.05, 0.1) is 12.2 Å². The highest BCUT2D eigenvalue weighted by Crippen LogP contribution is 2.26. The molecule has 0 aromatic heterocycles. The number of nitrogens with zero attached hydrogens (tertiary/aromatic N) is 1. The predicted molar refractivity (Wildman–Crippen MR) is 80.8 cm³/mol. The number of ether oxygens (including phenoxy) is 1. The number of benzene rings is 1. The predicted octanol–water partition coefficient (Wildman–Crippen LogP) is 2.12. The standard InChI is InChI=1S/C15H17BrFNO4/c1-2-22-14(20)15(21)5-7-18(8-6-15)13(19)11-4-3-10(17)9-12(11)16/h3-4,9,21H,2,5-8H2,1H3. The number of likely N-dealkylation sites (tertiary alicyclic amines) is 1. The Morgan fingerprint density at radius 1 is 1.41 bits per heavy atom. The summed E-state index contributed by atoms with van der Waals surface area (Å²) in [5, 5.41) is 10.3. The molecule has 0 atom stereocenters. The van der Waals surface area contributed by atoms with Crippen LogP contribution in [0.1, 0.15) is 30.1 Å². The minimum atomic E-state index is -1.53. The molecule has 5 nitrogen and oxygen atoms in total. The first-order valence-electron chi connectivity index (χ1n) is 7.01. The lowest BCUT2D eigenvalue weighted by Crippen LogP contribution is -2.51. The average Bonchev–Trinajstić information content (AvgIpc) is 2.47. The highest BCUT2D eigenvalue weighted by atomic mass is 79.9. The van der Waals surface area contributed by atoms with Crippen molar-refractivity contribution in [3.05, 3.63) is 34.1 Å². The van der Waals surface area contributed by atoms with E-state index in [1.54, 1.807) is 6.92 Å². The van der Waals surface area contributed by atoms with Crippen molar-refractivity contribution in [3.8, 4) is 0 Å². The van der Waals surface area contributed by atoms with Crippen molar-refractivity contribution in [1.29, 1.82) is 0 Å². The van der Waals surface area contributed by atoms with Gasteiger partial charge in [0.25, 0.3) is 5.91 Å². The monoisotopic (exact) mass is 373 g/mol. The van der Waals surface area contributed by atoms with Crippen LogP contribution < -0.4 is 0 Å². The van der Waals surface area contributed by atoms with Gasteiger partial charge in [0, 0.05) is 30.4 Å². The molecule has 0 bridgehead atoms. The number of aliphatic hydroxyl groups is 1. The zero-order valence-electron chi connectivity index (χ0n) is 12.1. The molecule has 2 rings (SSSR count). The van der Waals surface area contributed by atoms with E-state index in [1.807, 2.05) is 0 Å². The summed E-state index contributed by atoms with van der Waals surface area (Å²) in [6.07, 6.45) is 0.243. The van der Waals surface area contributed by atoms with Gasteiger partial charge in [0.15, 0.2) is 5.60 Å². The highest BCUT2D eigenvalue weighted by Gasteiger charge is 2.41. The third kappa shape index (κ3) is 3.47. The molecule has 1 aliphatic rings. The Morgan fingerprint density at radius 3 is 2.59 bits per heavy atom. The molecule has 120 valence electrons. The van der Waals surface area contributed by atoms with E-state index in [-0.39, 0.29) is 38.4 Å². The molecular weight excluding hydrogens is 357 g/mol. The van der Waals surface area contributed by atoms with Crippen molar-refractivity contribution in [2.75, 3.05) is 19.7 Å². The summed E-state index contributed by atoms with van der Waals surface area (Å²) in [7, 11) is 0. The molecule has 1 N–H and O–H groups in total. The van der Waals surface area contributed by atoms with Crippen LogP contribution in [-0.4, -0.2) is 47.2 Å². The second-order valence-electron chi connectivity index (χ2n) is 5.17. The van der Waals surface area contributed by atoms with Gasteiger partial charge < -0.3 is 14.7 Å². The largest absolute Gasteiger partial charge is 0.464 e. The molecule has 1 aromatic carbocycles. The van der Waals surface area contributed by atoms with Crippen LogP contribution in [0.4, 0.5) is 4.39 Å². The lowest BCUT2D eigenvalue weighted by atomic mass is 9.91. The van der Waals surface area contributed by atoms with Crippen LogP contribution >= 0.6 is 15.9 Å². The molecule has 1 saturated heterocycles. The maximum Gasteiger partial charge on any atom is 0.338 e. The summed E-state index contributed by atoms with van der Waals surface area (Å²) in [6.45, 7) is 2.34. The second-order valence-corrected chi connectivity index (χ2v) is 6.02. The SMILES string of the molecule is CCOC(=O)C1(O)CCN(C(=O)c2ccc(F)cc2Br)CC1. The average molecular weight is 374 g/mol. The molecule has 1 amide bonds. The summed E-state index contributed by atoms with van der Waals surface area (Å²) < 4.78 is 18.3. The zero-order chi connectivity index (χ0) is 16.3. The molecule has 1 heterocycles. The van der Waals surface area contributed by atoms with Crippen molar-refractivity contribution in [2.24, 2.45) is 0 Å². The minimum Gasteiger partial charge on any atom is -0.464 e. The zero-order valence-corrected chi connectivity index (χ0v) is 13.7. The molecule has 0 radical (unpaired) electrons. The fraction of sp³-hybridized carbons (Fsp3) is 0.467. The Kier molecular flexibility index (Phi) is 5.18. The van der Waals surface area contributed by atoms with Crippen LogP contribution in [0.5, 0.6) is 0 Å². The van der Waals surface area contributed by atoms with E-state index in [2.05, 4.69) is 15.9 Å². The van der Waals surface area contributed by atoms with Crippen molar-refractivity contribution in [3.63, 3.8) is 0 Å². The Balaban J connectivity index is 2.05. The summed E-state index contributed by atoms with van der Waals surface area (Å²) in [5.41, 5.74) is -1.18. The number of hydrogen-bond donors (Lipinski definition) is 1. The number of halogens is 2. The Morgan fingerprint density at radius 2 is 2.05 bits per heavy atom. The van der Waals surface area contributed by atoms with E-state index in [9.17, 15) is 19.1 Å². The molecule has 0 unspecified atom stereocenters. The quantitative estimate of drug-likeness (QED) is 0.824. The molecule has 1 fully saturated rings. The summed E-state index contributed by atoms with van der Waals surface area (Å²) in [4.78, 5) is 25.7. The van der Waals surface area contributed by atoms with Gasteiger partial charge in [-0.2, -0.15) is 0 Å². The first kappa shape index (κ1) is 16.9. The number of carbonyl (C=O) groups excluding carboxylic acids is 2. The molecule has 0 saturated carbocycles. The third-order valence-electron chi connectivity index (χ3n) is 3.69. The van der Waals surface area contributed by atoms with Crippen LogP contribution in [-0.2, 0) is 9.53 Å². The third-order valence-corrected chi connectivity index (χ3v) is 4.35. The molecule has 1 aromatic rings. The first-order valence-corrected chi connectivity index (χ1v) is 7.80. The summed E-state index contributed by atoms with van der Waals surface area (Å²) in [5.74, 6) is -1.35. The maximum absolute atomic E-state index is 13.1. The number of esters is 1. The normalized spacial score (nSPS) is 17.2. The number of piperidine rings is 1. The number of carbonyl (C=O) groups is 2. The van der Waals surface area contributed by atoms with Crippen molar-refractivity contribution >= 4 is 27.8 Å². The van der Waals surface area contributed by atoms with Gasteiger partial charge in [-0.25, -0.2) is 9.18 Å². The van der Waals surface area contributed by atoms with Gasteiger partial charge in [0.1, 0.15) is 5.82 Å². The fourth-order valence-electron chi connectivity index (χ4n) is 2.38. The summed E-state index contributed by atoms with van der Waals surface area (Å²) >= 11 is 3.17. The van der Waals surface area contributed by atoms with Crippen LogP contribution in [0.25, 0.3) is 0 Å². The Labute approximate surface area is 136 Å². The number of rotatable bonds is 3. The molecule has 0 aliphatic carbocycles. The first-order chi connectivity index (χ1) is 10.4. The molecule has 1 aliphatic heterocycles. The van der Waals surface area contributed by atoms with E-state index < -0.39 is 17.4 Å². The van der Waals surface area contributed by atoms with Crippen molar-refractivity contribution < 1.29 is 23.8 Å². The van der Waals surface area contributed by atoms with Gasteiger partial charge in [-0.3, -0.25) is 4.79 Å². The maximum atomic E-state index is 13.1. The molecule has 22 heavy (non-hydrogen) atoms. The topological polar surface area (TPSA) is 66.8 Å². The van der Waals surface area contributed by atoms with Crippen LogP contribution in [0, 0.1) is 5.82 Å². The van der Waals surface area contributed by atoms with Crippen LogP contribution in [0.2, 0.25) is 0 Å². The molecule has 7 heteroatoms. The number of amides is 1. The minimum absolute atomic E-state index is 0.121. The molecule has 0 spiro atoms. The van der Waals surface area contributed by atoms with Gasteiger partial charge in [-0.05, 0) is 41.1 Å². The molecular formula is C15H17BrFNO4. The van der Waals surface area contributed by atoms with Crippen molar-refractivity contribution in [1.82, 2.24) is 4.90 Å². The smallest absolute Gasteiger partial charge is 0.338 e. The van der Waals surface area contributed by atoms with E-state index in [4.69, 9.17) is 4.74 Å². The lowest BCUT2D eigenvalue weighted by molar-refractivity contribution is -0.169. The lowest BCUT2D eigenvalue weighted by Gasteiger charge is -2.36.